The molecule has 2 aliphatic rings. The third-order valence-electron chi connectivity index (χ3n) is 2.63. The summed E-state index contributed by atoms with van der Waals surface area (Å²) in [5.41, 5.74) is 0. The molecular formula is C8H12BrNO4. The van der Waals surface area contributed by atoms with E-state index in [4.69, 9.17) is 14.6 Å². The van der Waals surface area contributed by atoms with E-state index in [1.807, 2.05) is 0 Å². The molecule has 0 aromatic heterocycles. The molecule has 0 bridgehead atoms. The van der Waals surface area contributed by atoms with Gasteiger partial charge in [-0.15, -0.1) is 0 Å². The first kappa shape index (κ1) is 10.2. The van der Waals surface area contributed by atoms with Crippen LogP contribution in [0.1, 0.15) is 6.42 Å². The molecule has 0 radical (unpaired) electrons. The number of amides is 1. The third-order valence-corrected chi connectivity index (χ3v) is 3.62. The van der Waals surface area contributed by atoms with Crippen molar-refractivity contribution in [1.82, 2.24) is 4.90 Å². The smallest absolute Gasteiger partial charge is 0.407 e. The molecule has 5 nitrogen and oxygen atoms in total. The zero-order valence-corrected chi connectivity index (χ0v) is 9.20. The number of halogens is 1. The van der Waals surface area contributed by atoms with Gasteiger partial charge in [-0.1, -0.05) is 15.9 Å². The average Bonchev–Trinajstić information content (AvgIpc) is 2.59. The van der Waals surface area contributed by atoms with Crippen molar-refractivity contribution >= 4 is 22.0 Å². The number of likely N-dealkylation sites (tertiary alicyclic amines) is 1. The minimum atomic E-state index is -0.887. The van der Waals surface area contributed by atoms with Crippen LogP contribution in [0.3, 0.4) is 0 Å². The second-order valence-corrected chi connectivity index (χ2v) is 4.56. The molecule has 2 fully saturated rings. The summed E-state index contributed by atoms with van der Waals surface area (Å²) in [7, 11) is 0. The van der Waals surface area contributed by atoms with Crippen LogP contribution in [0.4, 0.5) is 4.79 Å². The zero-order chi connectivity index (χ0) is 10.2. The number of carbonyl (C=O) groups is 1. The molecule has 80 valence electrons. The minimum Gasteiger partial charge on any atom is -0.465 e. The SMILES string of the molecule is O=C(O)N1CCC2(OCCO2)C(Br)C1. The van der Waals surface area contributed by atoms with E-state index in [1.54, 1.807) is 0 Å². The maximum absolute atomic E-state index is 10.7. The molecule has 0 aliphatic carbocycles. The monoisotopic (exact) mass is 265 g/mol. The predicted octanol–water partition coefficient (Wildman–Crippen LogP) is 0.877. The summed E-state index contributed by atoms with van der Waals surface area (Å²) in [5, 5.41) is 8.81. The number of alkyl halides is 1. The number of rotatable bonds is 0. The van der Waals surface area contributed by atoms with Crippen molar-refractivity contribution in [3.05, 3.63) is 0 Å². The van der Waals surface area contributed by atoms with Gasteiger partial charge in [-0.3, -0.25) is 0 Å². The van der Waals surface area contributed by atoms with Gasteiger partial charge in [0, 0.05) is 19.5 Å². The van der Waals surface area contributed by atoms with E-state index in [0.29, 0.717) is 32.7 Å². The topological polar surface area (TPSA) is 59.0 Å². The maximum Gasteiger partial charge on any atom is 0.407 e. The first-order valence-electron chi connectivity index (χ1n) is 4.54. The van der Waals surface area contributed by atoms with Crippen LogP contribution in [0.2, 0.25) is 0 Å². The lowest BCUT2D eigenvalue weighted by Gasteiger charge is -2.40. The molecule has 14 heavy (non-hydrogen) atoms. The van der Waals surface area contributed by atoms with Gasteiger partial charge >= 0.3 is 6.09 Å². The van der Waals surface area contributed by atoms with Gasteiger partial charge in [-0.25, -0.2) is 4.79 Å². The van der Waals surface area contributed by atoms with Crippen molar-refractivity contribution in [3.63, 3.8) is 0 Å². The lowest BCUT2D eigenvalue weighted by Crippen LogP contribution is -2.54. The van der Waals surface area contributed by atoms with Gasteiger partial charge in [-0.05, 0) is 0 Å². The Labute approximate surface area is 90.1 Å². The molecule has 1 amide bonds. The van der Waals surface area contributed by atoms with E-state index < -0.39 is 11.9 Å². The van der Waals surface area contributed by atoms with E-state index in [2.05, 4.69) is 15.9 Å². The fourth-order valence-electron chi connectivity index (χ4n) is 1.84. The lowest BCUT2D eigenvalue weighted by atomic mass is 10.0. The van der Waals surface area contributed by atoms with Gasteiger partial charge in [0.2, 0.25) is 0 Å². The Morgan fingerprint density at radius 3 is 2.64 bits per heavy atom. The molecule has 1 unspecified atom stereocenters. The highest BCUT2D eigenvalue weighted by Gasteiger charge is 2.47. The Morgan fingerprint density at radius 2 is 2.14 bits per heavy atom. The molecule has 1 spiro atoms. The number of nitrogens with zero attached hydrogens (tertiary/aromatic N) is 1. The number of ether oxygens (including phenoxy) is 2. The number of carboxylic acid groups (broad SMARTS) is 1. The van der Waals surface area contributed by atoms with Crippen molar-refractivity contribution in [1.29, 1.82) is 0 Å². The molecular weight excluding hydrogens is 254 g/mol. The zero-order valence-electron chi connectivity index (χ0n) is 7.61. The second kappa shape index (κ2) is 3.67. The second-order valence-electron chi connectivity index (χ2n) is 3.45. The standard InChI is InChI=1S/C8H12BrNO4/c9-6-5-10(7(11)12)2-1-8(6)13-3-4-14-8/h6H,1-5H2,(H,11,12). The molecule has 2 saturated heterocycles. The number of piperidine rings is 1. The van der Waals surface area contributed by atoms with Gasteiger partial charge in [0.1, 0.15) is 0 Å². The van der Waals surface area contributed by atoms with Gasteiger partial charge in [0.15, 0.2) is 5.79 Å². The summed E-state index contributed by atoms with van der Waals surface area (Å²) in [6, 6.07) is 0. The van der Waals surface area contributed by atoms with Crippen LogP contribution in [-0.4, -0.2) is 53.0 Å². The summed E-state index contributed by atoms with van der Waals surface area (Å²) in [4.78, 5) is 12.0. The number of hydrogen-bond donors (Lipinski definition) is 1. The summed E-state index contributed by atoms with van der Waals surface area (Å²) in [6.45, 7) is 2.07. The molecule has 1 atom stereocenters. The molecule has 6 heteroatoms. The van der Waals surface area contributed by atoms with Crippen LogP contribution in [0.25, 0.3) is 0 Å². The summed E-state index contributed by atoms with van der Waals surface area (Å²) in [6.07, 6.45) is -0.294. The molecule has 0 aromatic rings. The Balaban J connectivity index is 2.03. The number of hydrogen-bond acceptors (Lipinski definition) is 3. The summed E-state index contributed by atoms with van der Waals surface area (Å²) < 4.78 is 11.1. The van der Waals surface area contributed by atoms with Crippen LogP contribution in [0.5, 0.6) is 0 Å². The van der Waals surface area contributed by atoms with Gasteiger partial charge in [-0.2, -0.15) is 0 Å². The molecule has 2 rings (SSSR count). The maximum atomic E-state index is 10.7. The van der Waals surface area contributed by atoms with Crippen molar-refractivity contribution in [3.8, 4) is 0 Å². The van der Waals surface area contributed by atoms with Crippen molar-refractivity contribution in [2.45, 2.75) is 17.0 Å². The minimum absolute atomic E-state index is 0.0812. The Hall–Kier alpha value is -0.330. The third kappa shape index (κ3) is 1.62. The molecule has 0 aromatic carbocycles. The van der Waals surface area contributed by atoms with Crippen LogP contribution in [-0.2, 0) is 9.47 Å². The van der Waals surface area contributed by atoms with E-state index in [1.165, 1.54) is 4.90 Å². The van der Waals surface area contributed by atoms with Crippen LogP contribution >= 0.6 is 15.9 Å². The first-order valence-corrected chi connectivity index (χ1v) is 5.45. The van der Waals surface area contributed by atoms with Gasteiger partial charge < -0.3 is 19.5 Å². The molecule has 2 aliphatic heterocycles. The van der Waals surface area contributed by atoms with Crippen LogP contribution < -0.4 is 0 Å². The Kier molecular flexibility index (Phi) is 2.68. The van der Waals surface area contributed by atoms with E-state index in [9.17, 15) is 4.79 Å². The fraction of sp³-hybridized carbons (Fsp3) is 0.875. The highest BCUT2D eigenvalue weighted by Crippen LogP contribution is 2.35. The quantitative estimate of drug-likeness (QED) is 0.661. The van der Waals surface area contributed by atoms with Crippen molar-refractivity contribution in [2.24, 2.45) is 0 Å². The van der Waals surface area contributed by atoms with Crippen LogP contribution in [0, 0.1) is 0 Å². The highest BCUT2D eigenvalue weighted by atomic mass is 79.9. The normalized spacial score (nSPS) is 30.9. The van der Waals surface area contributed by atoms with E-state index in [-0.39, 0.29) is 4.83 Å². The Bertz CT molecular complexity index is 241. The van der Waals surface area contributed by atoms with E-state index in [0.717, 1.165) is 0 Å². The molecule has 2 heterocycles. The average molecular weight is 266 g/mol. The largest absolute Gasteiger partial charge is 0.465 e. The van der Waals surface area contributed by atoms with Gasteiger partial charge in [0.25, 0.3) is 0 Å². The summed E-state index contributed by atoms with van der Waals surface area (Å²) >= 11 is 3.43. The van der Waals surface area contributed by atoms with E-state index >= 15 is 0 Å². The fourth-order valence-corrected chi connectivity index (χ4v) is 2.68. The predicted molar refractivity (Wildman–Crippen MR) is 51.6 cm³/mol. The molecule has 1 N–H and O–H groups in total. The van der Waals surface area contributed by atoms with Crippen molar-refractivity contribution in [2.75, 3.05) is 26.3 Å². The van der Waals surface area contributed by atoms with Crippen LogP contribution in [0.15, 0.2) is 0 Å². The first-order chi connectivity index (χ1) is 6.64. The highest BCUT2D eigenvalue weighted by molar-refractivity contribution is 9.09. The lowest BCUT2D eigenvalue weighted by molar-refractivity contribution is -0.175. The summed E-state index contributed by atoms with van der Waals surface area (Å²) in [5.74, 6) is -0.591. The molecule has 0 saturated carbocycles. The van der Waals surface area contributed by atoms with Crippen molar-refractivity contribution < 1.29 is 19.4 Å². The van der Waals surface area contributed by atoms with Gasteiger partial charge in [0.05, 0.1) is 18.0 Å². The Morgan fingerprint density at radius 1 is 1.50 bits per heavy atom.